The molecule has 1 N–H and O–H groups in total. The van der Waals surface area contributed by atoms with Crippen LogP contribution in [0.15, 0.2) is 72.8 Å². The Kier molecular flexibility index (Phi) is 7.03. The number of nitrogens with zero attached hydrogens (tertiary/aromatic N) is 1. The first-order valence-electron chi connectivity index (χ1n) is 11.1. The van der Waals surface area contributed by atoms with Crippen LogP contribution >= 0.6 is 0 Å². The van der Waals surface area contributed by atoms with E-state index < -0.39 is 6.04 Å². The van der Waals surface area contributed by atoms with Gasteiger partial charge < -0.3 is 15.0 Å². The van der Waals surface area contributed by atoms with E-state index in [1.54, 1.807) is 30.2 Å². The predicted octanol–water partition coefficient (Wildman–Crippen LogP) is 4.46. The van der Waals surface area contributed by atoms with Gasteiger partial charge >= 0.3 is 0 Å². The van der Waals surface area contributed by atoms with Crippen molar-refractivity contribution in [2.75, 3.05) is 20.2 Å². The Hall–Kier alpha value is -3.67. The monoisotopic (exact) mass is 446 g/mol. The van der Waals surface area contributed by atoms with Crippen LogP contribution in [0.3, 0.4) is 0 Å². The van der Waals surface area contributed by atoms with Crippen molar-refractivity contribution in [2.24, 2.45) is 0 Å². The molecule has 170 valence electrons. The SMILES string of the molecule is COc1ccccc1-c1cccc(C(=O)N2CCC[C@H]2C(=O)NCCc2ccc(F)cc2)c1. The first kappa shape index (κ1) is 22.5. The highest BCUT2D eigenvalue weighted by atomic mass is 19.1. The molecule has 1 aliphatic heterocycles. The number of methoxy groups -OCH3 is 1. The first-order valence-corrected chi connectivity index (χ1v) is 11.1. The molecule has 1 fully saturated rings. The Bertz CT molecular complexity index is 1130. The largest absolute Gasteiger partial charge is 0.496 e. The lowest BCUT2D eigenvalue weighted by molar-refractivity contribution is -0.124. The summed E-state index contributed by atoms with van der Waals surface area (Å²) in [5.41, 5.74) is 3.29. The van der Waals surface area contributed by atoms with Crippen LogP contribution in [0.4, 0.5) is 4.39 Å². The molecule has 3 aromatic carbocycles. The van der Waals surface area contributed by atoms with Gasteiger partial charge in [-0.05, 0) is 60.7 Å². The van der Waals surface area contributed by atoms with Crippen molar-refractivity contribution in [1.29, 1.82) is 0 Å². The number of para-hydroxylation sites is 1. The van der Waals surface area contributed by atoms with Crippen LogP contribution in [0.1, 0.15) is 28.8 Å². The molecule has 1 heterocycles. The number of rotatable bonds is 7. The number of hydrogen-bond donors (Lipinski definition) is 1. The summed E-state index contributed by atoms with van der Waals surface area (Å²) in [6.07, 6.45) is 2.03. The van der Waals surface area contributed by atoms with E-state index in [0.29, 0.717) is 31.5 Å². The summed E-state index contributed by atoms with van der Waals surface area (Å²) in [6, 6.07) is 20.9. The second-order valence-electron chi connectivity index (χ2n) is 8.11. The Morgan fingerprint density at radius 2 is 1.85 bits per heavy atom. The number of carbonyl (C=O) groups is 2. The molecular weight excluding hydrogens is 419 g/mol. The second kappa shape index (κ2) is 10.3. The zero-order chi connectivity index (χ0) is 23.2. The van der Waals surface area contributed by atoms with E-state index in [0.717, 1.165) is 28.9 Å². The highest BCUT2D eigenvalue weighted by Gasteiger charge is 2.34. The molecule has 0 radical (unpaired) electrons. The average molecular weight is 447 g/mol. The van der Waals surface area contributed by atoms with Crippen LogP contribution in [0.2, 0.25) is 0 Å². The van der Waals surface area contributed by atoms with Crippen LogP contribution in [-0.2, 0) is 11.2 Å². The van der Waals surface area contributed by atoms with Crippen molar-refractivity contribution in [3.8, 4) is 16.9 Å². The molecule has 1 aliphatic rings. The Balaban J connectivity index is 1.43. The van der Waals surface area contributed by atoms with Crippen LogP contribution < -0.4 is 10.1 Å². The van der Waals surface area contributed by atoms with Gasteiger partial charge in [-0.1, -0.05) is 42.5 Å². The first-order chi connectivity index (χ1) is 16.1. The maximum Gasteiger partial charge on any atom is 0.254 e. The minimum atomic E-state index is -0.486. The van der Waals surface area contributed by atoms with E-state index in [-0.39, 0.29) is 17.6 Å². The van der Waals surface area contributed by atoms with E-state index in [4.69, 9.17) is 4.74 Å². The number of ether oxygens (including phenoxy) is 1. The zero-order valence-corrected chi connectivity index (χ0v) is 18.6. The quantitative estimate of drug-likeness (QED) is 0.583. The van der Waals surface area contributed by atoms with Gasteiger partial charge in [-0.3, -0.25) is 9.59 Å². The Morgan fingerprint density at radius 3 is 2.64 bits per heavy atom. The number of benzene rings is 3. The van der Waals surface area contributed by atoms with Gasteiger partial charge in [0, 0.05) is 24.2 Å². The highest BCUT2D eigenvalue weighted by molar-refractivity contribution is 5.99. The summed E-state index contributed by atoms with van der Waals surface area (Å²) in [5.74, 6) is 0.158. The molecule has 1 saturated heterocycles. The van der Waals surface area contributed by atoms with E-state index in [1.807, 2.05) is 42.5 Å². The van der Waals surface area contributed by atoms with Crippen LogP contribution in [0, 0.1) is 5.82 Å². The molecule has 0 saturated carbocycles. The molecule has 3 aromatic rings. The summed E-state index contributed by atoms with van der Waals surface area (Å²) >= 11 is 0. The summed E-state index contributed by atoms with van der Waals surface area (Å²) in [7, 11) is 1.62. The van der Waals surface area contributed by atoms with Gasteiger partial charge in [-0.15, -0.1) is 0 Å². The molecule has 0 aromatic heterocycles. The number of amides is 2. The number of likely N-dealkylation sites (tertiary alicyclic amines) is 1. The lowest BCUT2D eigenvalue weighted by atomic mass is 10.0. The van der Waals surface area contributed by atoms with Gasteiger partial charge in [0.2, 0.25) is 5.91 Å². The highest BCUT2D eigenvalue weighted by Crippen LogP contribution is 2.30. The summed E-state index contributed by atoms with van der Waals surface area (Å²) in [5, 5.41) is 2.93. The lowest BCUT2D eigenvalue weighted by Crippen LogP contribution is -2.46. The molecule has 0 unspecified atom stereocenters. The normalized spacial score (nSPS) is 15.3. The smallest absolute Gasteiger partial charge is 0.254 e. The minimum Gasteiger partial charge on any atom is -0.496 e. The van der Waals surface area contributed by atoms with Crippen molar-refractivity contribution < 1.29 is 18.7 Å². The molecule has 33 heavy (non-hydrogen) atoms. The third-order valence-electron chi connectivity index (χ3n) is 5.97. The fourth-order valence-electron chi connectivity index (χ4n) is 4.25. The number of nitrogens with one attached hydrogen (secondary N) is 1. The molecule has 0 spiro atoms. The maximum absolute atomic E-state index is 13.3. The van der Waals surface area contributed by atoms with Gasteiger partial charge in [0.25, 0.3) is 5.91 Å². The molecule has 2 amide bonds. The Labute approximate surface area is 193 Å². The van der Waals surface area contributed by atoms with Crippen molar-refractivity contribution in [2.45, 2.75) is 25.3 Å². The lowest BCUT2D eigenvalue weighted by Gasteiger charge is -2.24. The third kappa shape index (κ3) is 5.22. The van der Waals surface area contributed by atoms with Gasteiger partial charge in [0.15, 0.2) is 0 Å². The van der Waals surface area contributed by atoms with Crippen LogP contribution in [0.5, 0.6) is 5.75 Å². The molecule has 1 atom stereocenters. The predicted molar refractivity (Wildman–Crippen MR) is 126 cm³/mol. The molecule has 5 nitrogen and oxygen atoms in total. The molecule has 0 aliphatic carbocycles. The summed E-state index contributed by atoms with van der Waals surface area (Å²) in [4.78, 5) is 27.8. The molecular formula is C27H27FN2O3. The summed E-state index contributed by atoms with van der Waals surface area (Å²) < 4.78 is 18.5. The topological polar surface area (TPSA) is 58.6 Å². The second-order valence-corrected chi connectivity index (χ2v) is 8.11. The van der Waals surface area contributed by atoms with E-state index >= 15 is 0 Å². The maximum atomic E-state index is 13.3. The van der Waals surface area contributed by atoms with Gasteiger partial charge in [-0.25, -0.2) is 4.39 Å². The molecule has 0 bridgehead atoms. The zero-order valence-electron chi connectivity index (χ0n) is 18.6. The van der Waals surface area contributed by atoms with Crippen molar-refractivity contribution in [3.05, 3.63) is 89.7 Å². The van der Waals surface area contributed by atoms with Crippen LogP contribution in [0.25, 0.3) is 11.1 Å². The summed E-state index contributed by atoms with van der Waals surface area (Å²) in [6.45, 7) is 0.986. The molecule has 6 heteroatoms. The van der Waals surface area contributed by atoms with E-state index in [9.17, 15) is 14.0 Å². The minimum absolute atomic E-state index is 0.149. The van der Waals surface area contributed by atoms with Crippen molar-refractivity contribution in [3.63, 3.8) is 0 Å². The number of halogens is 1. The Morgan fingerprint density at radius 1 is 1.06 bits per heavy atom. The average Bonchev–Trinajstić information content (AvgIpc) is 3.35. The fourth-order valence-corrected chi connectivity index (χ4v) is 4.25. The standard InChI is InChI=1S/C27H27FN2O3/c1-33-25-10-3-2-8-23(25)20-6-4-7-21(18-20)27(32)30-17-5-9-24(30)26(31)29-16-15-19-11-13-22(28)14-12-19/h2-4,6-8,10-14,18,24H,5,9,15-17H2,1H3,(H,29,31)/t24-/m0/s1. The fraction of sp³-hybridized carbons (Fsp3) is 0.259. The van der Waals surface area contributed by atoms with Crippen molar-refractivity contribution in [1.82, 2.24) is 10.2 Å². The number of carbonyl (C=O) groups excluding carboxylic acids is 2. The van der Waals surface area contributed by atoms with Crippen molar-refractivity contribution >= 4 is 11.8 Å². The van der Waals surface area contributed by atoms with Gasteiger partial charge in [-0.2, -0.15) is 0 Å². The van der Waals surface area contributed by atoms with E-state index in [1.165, 1.54) is 12.1 Å². The number of hydrogen-bond acceptors (Lipinski definition) is 3. The van der Waals surface area contributed by atoms with Gasteiger partial charge in [0.05, 0.1) is 7.11 Å². The van der Waals surface area contributed by atoms with Crippen LogP contribution in [-0.4, -0.2) is 43.0 Å². The third-order valence-corrected chi connectivity index (χ3v) is 5.97. The molecule has 4 rings (SSSR count). The van der Waals surface area contributed by atoms with E-state index in [2.05, 4.69) is 5.32 Å². The van der Waals surface area contributed by atoms with Gasteiger partial charge in [0.1, 0.15) is 17.6 Å².